The molecule has 0 spiro atoms. The second kappa shape index (κ2) is 7.31. The van der Waals surface area contributed by atoms with Gasteiger partial charge in [0.15, 0.2) is 0 Å². The fraction of sp³-hybridized carbons (Fsp3) is 0.200. The first-order chi connectivity index (χ1) is 15.6. The second-order valence-corrected chi connectivity index (χ2v) is 9.18. The topological polar surface area (TPSA) is 76.0 Å². The number of aromatic amines is 1. The summed E-state index contributed by atoms with van der Waals surface area (Å²) < 4.78 is 13.9. The second-order valence-electron chi connectivity index (χ2n) is 8.32. The maximum Gasteiger partial charge on any atom is 0.135 e. The average molecular weight is 445 g/mol. The van der Waals surface area contributed by atoms with Gasteiger partial charge >= 0.3 is 0 Å². The normalized spacial score (nSPS) is 18.6. The number of aliphatic hydroxyl groups excluding tert-OH is 1. The van der Waals surface area contributed by atoms with Crippen LogP contribution in [0, 0.1) is 11.2 Å². The van der Waals surface area contributed by atoms with Gasteiger partial charge in [0.1, 0.15) is 22.4 Å². The van der Waals surface area contributed by atoms with Crippen LogP contribution in [-0.2, 0) is 6.42 Å². The number of nitrogens with one attached hydrogen (secondary N) is 2. The van der Waals surface area contributed by atoms with Crippen molar-refractivity contribution < 1.29 is 9.50 Å². The Morgan fingerprint density at radius 1 is 1.19 bits per heavy atom. The third kappa shape index (κ3) is 2.96. The largest absolute Gasteiger partial charge is 0.510 e. The molecule has 1 atom stereocenters. The number of nitrogens with zero attached hydrogens (tertiary/aromatic N) is 2. The van der Waals surface area contributed by atoms with E-state index in [4.69, 9.17) is 10.4 Å². The van der Waals surface area contributed by atoms with Crippen molar-refractivity contribution in [3.05, 3.63) is 81.8 Å². The Morgan fingerprint density at radius 3 is 2.88 bits per heavy atom. The van der Waals surface area contributed by atoms with E-state index in [0.717, 1.165) is 52.7 Å². The number of thiazole rings is 1. The van der Waals surface area contributed by atoms with Crippen LogP contribution in [0.15, 0.2) is 59.7 Å². The molecule has 0 saturated heterocycles. The van der Waals surface area contributed by atoms with E-state index < -0.39 is 0 Å². The Balaban J connectivity index is 1.34. The van der Waals surface area contributed by atoms with Crippen LogP contribution >= 0.6 is 11.3 Å². The average Bonchev–Trinajstić information content (AvgIpc) is 3.50. The molecule has 0 saturated carbocycles. The molecule has 4 aromatic rings. The lowest BCUT2D eigenvalue weighted by molar-refractivity contribution is 0.271. The molecule has 1 unspecified atom stereocenters. The molecule has 3 N–H and O–H groups in total. The molecular formula is C25H21FN4OS. The van der Waals surface area contributed by atoms with E-state index in [1.165, 1.54) is 17.4 Å². The van der Waals surface area contributed by atoms with Crippen molar-refractivity contribution in [3.8, 4) is 11.3 Å². The van der Waals surface area contributed by atoms with Crippen molar-refractivity contribution in [3.63, 3.8) is 0 Å². The van der Waals surface area contributed by atoms with E-state index in [9.17, 15) is 9.50 Å². The monoisotopic (exact) mass is 444 g/mol. The number of H-pyrrole nitrogens is 1. The lowest BCUT2D eigenvalue weighted by atomic mass is 9.90. The van der Waals surface area contributed by atoms with Gasteiger partial charge in [-0.05, 0) is 43.0 Å². The van der Waals surface area contributed by atoms with Crippen LogP contribution in [-0.4, -0.2) is 32.4 Å². The smallest absolute Gasteiger partial charge is 0.135 e. The number of aryl methyl sites for hydroxylation is 1. The minimum atomic E-state index is -0.241. The van der Waals surface area contributed by atoms with Crippen molar-refractivity contribution in [2.45, 2.75) is 25.3 Å². The van der Waals surface area contributed by atoms with Crippen LogP contribution in [0.4, 0.5) is 4.39 Å². The lowest BCUT2D eigenvalue weighted by Gasteiger charge is -2.32. The van der Waals surface area contributed by atoms with Crippen LogP contribution < -0.4 is 0 Å². The van der Waals surface area contributed by atoms with Crippen LogP contribution in [0.2, 0.25) is 0 Å². The first-order valence-corrected chi connectivity index (χ1v) is 11.6. The summed E-state index contributed by atoms with van der Waals surface area (Å²) in [5, 5.41) is 23.3. The zero-order valence-corrected chi connectivity index (χ0v) is 18.0. The fourth-order valence-corrected chi connectivity index (χ4v) is 5.84. The number of aromatic nitrogens is 2. The molecule has 0 radical (unpaired) electrons. The lowest BCUT2D eigenvalue weighted by Crippen LogP contribution is -2.33. The van der Waals surface area contributed by atoms with Crippen molar-refractivity contribution in [1.29, 1.82) is 5.41 Å². The van der Waals surface area contributed by atoms with Gasteiger partial charge in [-0.15, -0.1) is 11.3 Å². The van der Waals surface area contributed by atoms with Gasteiger partial charge in [0, 0.05) is 27.5 Å². The SMILES string of the molecule is N=C1C(c2nc(-c3ccccc3)cs2)=C(O)CN1C1CCCc2c1[nH]c1ccc(F)cc21. The van der Waals surface area contributed by atoms with Gasteiger partial charge in [-0.25, -0.2) is 9.37 Å². The van der Waals surface area contributed by atoms with Crippen LogP contribution in [0.5, 0.6) is 0 Å². The van der Waals surface area contributed by atoms with Crippen LogP contribution in [0.3, 0.4) is 0 Å². The summed E-state index contributed by atoms with van der Waals surface area (Å²) in [6, 6.07) is 14.7. The number of aliphatic hydroxyl groups is 1. The Labute approximate surface area is 188 Å². The number of halogens is 1. The molecule has 5 nitrogen and oxygen atoms in total. The number of rotatable bonds is 3. The molecule has 2 aliphatic rings. The predicted octanol–water partition coefficient (Wildman–Crippen LogP) is 6.07. The first kappa shape index (κ1) is 19.3. The van der Waals surface area contributed by atoms with Crippen molar-refractivity contribution in [2.75, 3.05) is 6.54 Å². The number of benzene rings is 2. The third-order valence-electron chi connectivity index (χ3n) is 6.44. The summed E-state index contributed by atoms with van der Waals surface area (Å²) in [7, 11) is 0. The first-order valence-electron chi connectivity index (χ1n) is 10.7. The Bertz CT molecular complexity index is 1390. The van der Waals surface area contributed by atoms with Gasteiger partial charge in [0.05, 0.1) is 23.9 Å². The van der Waals surface area contributed by atoms with E-state index in [-0.39, 0.29) is 24.2 Å². The molecule has 1 aliphatic carbocycles. The Hall–Kier alpha value is -3.45. The maximum absolute atomic E-state index is 13.9. The highest BCUT2D eigenvalue weighted by Gasteiger charge is 2.38. The van der Waals surface area contributed by atoms with Crippen LogP contribution in [0.1, 0.15) is 35.1 Å². The summed E-state index contributed by atoms with van der Waals surface area (Å²) in [5.41, 5.74) is 5.43. The molecule has 3 heterocycles. The Morgan fingerprint density at radius 2 is 2.03 bits per heavy atom. The minimum absolute atomic E-state index is 0.0603. The molecule has 6 rings (SSSR count). The van der Waals surface area contributed by atoms with E-state index in [1.54, 1.807) is 12.1 Å². The van der Waals surface area contributed by atoms with Gasteiger partial charge in [-0.1, -0.05) is 30.3 Å². The standard InChI is InChI=1S/C25H21FN4OS/c26-15-9-10-18-17(11-15)16-7-4-8-20(23(16)28-18)30-12-21(31)22(24(30)27)25-29-19(13-32-25)14-5-2-1-3-6-14/h1-3,5-6,9-11,13,20,27-28,31H,4,7-8,12H2. The van der Waals surface area contributed by atoms with Gasteiger partial charge in [0.2, 0.25) is 0 Å². The predicted molar refractivity (Wildman–Crippen MR) is 125 cm³/mol. The molecule has 2 aromatic heterocycles. The number of hydrogen-bond donors (Lipinski definition) is 3. The quantitative estimate of drug-likeness (QED) is 0.359. The molecule has 7 heteroatoms. The highest BCUT2D eigenvalue weighted by molar-refractivity contribution is 7.11. The summed E-state index contributed by atoms with van der Waals surface area (Å²) in [4.78, 5) is 10.1. The molecular weight excluding hydrogens is 423 g/mol. The summed E-state index contributed by atoms with van der Waals surface area (Å²) in [6.45, 7) is 0.280. The summed E-state index contributed by atoms with van der Waals surface area (Å²) in [6.07, 6.45) is 2.71. The summed E-state index contributed by atoms with van der Waals surface area (Å²) >= 11 is 1.44. The zero-order valence-electron chi connectivity index (χ0n) is 17.2. The van der Waals surface area contributed by atoms with Gasteiger partial charge in [-0.3, -0.25) is 5.41 Å². The fourth-order valence-electron chi connectivity index (χ4n) is 4.94. The van der Waals surface area contributed by atoms with Gasteiger partial charge in [0.25, 0.3) is 0 Å². The minimum Gasteiger partial charge on any atom is -0.510 e. The molecule has 0 bridgehead atoms. The Kier molecular flexibility index (Phi) is 4.40. The van der Waals surface area contributed by atoms with E-state index in [1.807, 2.05) is 40.6 Å². The molecule has 0 fully saturated rings. The highest BCUT2D eigenvalue weighted by atomic mass is 32.1. The van der Waals surface area contributed by atoms with Crippen LogP contribution in [0.25, 0.3) is 27.7 Å². The molecule has 160 valence electrons. The maximum atomic E-state index is 13.9. The van der Waals surface area contributed by atoms with Crippen molar-refractivity contribution in [2.24, 2.45) is 0 Å². The third-order valence-corrected chi connectivity index (χ3v) is 7.30. The molecule has 32 heavy (non-hydrogen) atoms. The van der Waals surface area contributed by atoms with Crippen molar-refractivity contribution in [1.82, 2.24) is 14.9 Å². The summed E-state index contributed by atoms with van der Waals surface area (Å²) in [5.74, 6) is 0.229. The molecule has 0 amide bonds. The molecule has 1 aliphatic heterocycles. The van der Waals surface area contributed by atoms with E-state index in [0.29, 0.717) is 16.4 Å². The van der Waals surface area contributed by atoms with Crippen molar-refractivity contribution >= 4 is 33.6 Å². The number of hydrogen-bond acceptors (Lipinski definition) is 4. The van der Waals surface area contributed by atoms with Gasteiger partial charge < -0.3 is 15.0 Å². The highest BCUT2D eigenvalue weighted by Crippen LogP contribution is 2.42. The number of fused-ring (bicyclic) bond motifs is 3. The zero-order chi connectivity index (χ0) is 21.8. The number of amidine groups is 1. The van der Waals surface area contributed by atoms with E-state index in [2.05, 4.69) is 4.98 Å². The molecule has 2 aromatic carbocycles. The van der Waals surface area contributed by atoms with Gasteiger partial charge in [-0.2, -0.15) is 0 Å². The van der Waals surface area contributed by atoms with E-state index >= 15 is 0 Å².